The van der Waals surface area contributed by atoms with Crippen LogP contribution in [0.1, 0.15) is 25.1 Å². The number of aryl methyl sites for hydroxylation is 1. The van der Waals surface area contributed by atoms with Crippen molar-refractivity contribution in [3.63, 3.8) is 0 Å². The second-order valence-corrected chi connectivity index (χ2v) is 8.74. The zero-order chi connectivity index (χ0) is 23.7. The number of carbonyl (C=O) groups excluding carboxylic acids is 3. The van der Waals surface area contributed by atoms with Gasteiger partial charge in [-0.1, -0.05) is 0 Å². The molecule has 11 heteroatoms. The molecule has 2 fully saturated rings. The molecule has 1 aromatic heterocycles. The lowest BCUT2D eigenvalue weighted by Gasteiger charge is -2.55. The number of nitrogens with zero attached hydrogens (tertiary/aromatic N) is 3. The second-order valence-electron chi connectivity index (χ2n) is 8.74. The lowest BCUT2D eigenvalue weighted by atomic mass is 9.66. The first-order chi connectivity index (χ1) is 15.6. The van der Waals surface area contributed by atoms with E-state index in [4.69, 9.17) is 4.74 Å². The summed E-state index contributed by atoms with van der Waals surface area (Å²) in [6.45, 7) is 5.27. The second kappa shape index (κ2) is 7.27. The van der Waals surface area contributed by atoms with Gasteiger partial charge in [0.05, 0.1) is 41.5 Å². The van der Waals surface area contributed by atoms with Crippen LogP contribution >= 0.6 is 0 Å². The number of amides is 4. The lowest BCUT2D eigenvalue weighted by Crippen LogP contribution is -2.75. The third-order valence-corrected chi connectivity index (χ3v) is 6.52. The van der Waals surface area contributed by atoms with Crippen LogP contribution < -0.4 is 15.5 Å². The monoisotopic (exact) mass is 457 g/mol. The molecule has 1 aromatic carbocycles. The Morgan fingerprint density at radius 3 is 2.42 bits per heavy atom. The van der Waals surface area contributed by atoms with Gasteiger partial charge in [0, 0.05) is 24.7 Å². The molecule has 3 atom stereocenters. The van der Waals surface area contributed by atoms with E-state index in [1.54, 1.807) is 20.8 Å². The minimum absolute atomic E-state index is 0.0218. The van der Waals surface area contributed by atoms with Crippen LogP contribution in [-0.2, 0) is 20.7 Å². The fourth-order valence-corrected chi connectivity index (χ4v) is 5.26. The maximum Gasteiger partial charge on any atom is 0.328 e. The average Bonchev–Trinajstić information content (AvgIpc) is 2.74. The van der Waals surface area contributed by atoms with E-state index >= 15 is 8.78 Å². The van der Waals surface area contributed by atoms with Gasteiger partial charge in [-0.2, -0.15) is 0 Å². The molecule has 3 aliphatic rings. The van der Waals surface area contributed by atoms with Crippen molar-refractivity contribution >= 4 is 23.5 Å². The molecule has 0 aliphatic carbocycles. The van der Waals surface area contributed by atoms with Gasteiger partial charge < -0.3 is 9.64 Å². The Morgan fingerprint density at radius 1 is 1.09 bits per heavy atom. The van der Waals surface area contributed by atoms with Crippen molar-refractivity contribution in [3.05, 3.63) is 41.4 Å². The summed E-state index contributed by atoms with van der Waals surface area (Å²) in [5.41, 5.74) is -0.950. The van der Waals surface area contributed by atoms with Gasteiger partial charge in [-0.05, 0) is 32.4 Å². The summed E-state index contributed by atoms with van der Waals surface area (Å²) in [5.74, 6) is -3.80. The SMILES string of the molecule is Cc1cnc(-c2cc3c(c(F)c2F)N2C[C@@H](C)O[C@@H](C)[C@@H]2C2(C3)C(=O)NC(=O)NC2=O)cn1. The molecular weight excluding hydrogens is 436 g/mol. The lowest BCUT2D eigenvalue weighted by molar-refractivity contribution is -0.153. The molecule has 5 rings (SSSR count). The highest BCUT2D eigenvalue weighted by Gasteiger charge is 2.63. The topological polar surface area (TPSA) is 114 Å². The number of benzene rings is 1. The quantitative estimate of drug-likeness (QED) is 0.626. The van der Waals surface area contributed by atoms with E-state index < -0.39 is 47.0 Å². The van der Waals surface area contributed by atoms with Crippen molar-refractivity contribution in [2.45, 2.75) is 45.4 Å². The van der Waals surface area contributed by atoms with E-state index in [-0.39, 0.29) is 41.6 Å². The summed E-state index contributed by atoms with van der Waals surface area (Å²) < 4.78 is 36.7. The van der Waals surface area contributed by atoms with Gasteiger partial charge in [0.25, 0.3) is 0 Å². The highest BCUT2D eigenvalue weighted by Crippen LogP contribution is 2.49. The largest absolute Gasteiger partial charge is 0.372 e. The molecule has 0 saturated carbocycles. The number of aromatic nitrogens is 2. The number of nitrogens with one attached hydrogen (secondary N) is 2. The highest BCUT2D eigenvalue weighted by atomic mass is 19.2. The molecule has 4 heterocycles. The predicted octanol–water partition coefficient (Wildman–Crippen LogP) is 1.62. The number of imide groups is 2. The van der Waals surface area contributed by atoms with Gasteiger partial charge >= 0.3 is 6.03 Å². The van der Waals surface area contributed by atoms with Crippen LogP contribution in [0.15, 0.2) is 18.5 Å². The normalized spacial score (nSPS) is 25.9. The third kappa shape index (κ3) is 3.02. The van der Waals surface area contributed by atoms with E-state index in [2.05, 4.69) is 20.6 Å². The molecule has 2 aromatic rings. The minimum atomic E-state index is -1.78. The van der Waals surface area contributed by atoms with Crippen molar-refractivity contribution < 1.29 is 27.9 Å². The van der Waals surface area contributed by atoms with Crippen LogP contribution in [0.3, 0.4) is 0 Å². The van der Waals surface area contributed by atoms with Crippen molar-refractivity contribution in [2.24, 2.45) is 5.41 Å². The number of hydrogen-bond acceptors (Lipinski definition) is 7. The van der Waals surface area contributed by atoms with Gasteiger partial charge in [-0.25, -0.2) is 13.6 Å². The van der Waals surface area contributed by atoms with Gasteiger partial charge in [0.1, 0.15) is 0 Å². The molecule has 2 saturated heterocycles. The number of barbiturate groups is 1. The number of ether oxygens (including phenoxy) is 1. The van der Waals surface area contributed by atoms with Gasteiger partial charge in [-0.15, -0.1) is 0 Å². The number of fused-ring (bicyclic) bond motifs is 4. The first kappa shape index (κ1) is 21.4. The van der Waals surface area contributed by atoms with E-state index in [9.17, 15) is 14.4 Å². The number of halogens is 2. The molecule has 9 nitrogen and oxygen atoms in total. The van der Waals surface area contributed by atoms with Crippen LogP contribution in [0, 0.1) is 24.0 Å². The molecule has 2 N–H and O–H groups in total. The highest BCUT2D eigenvalue weighted by molar-refractivity contribution is 6.20. The Balaban J connectivity index is 1.74. The van der Waals surface area contributed by atoms with Crippen LogP contribution in [-0.4, -0.2) is 52.6 Å². The molecule has 0 bridgehead atoms. The molecule has 0 radical (unpaired) electrons. The van der Waals surface area contributed by atoms with Crippen LogP contribution in [0.25, 0.3) is 11.3 Å². The third-order valence-electron chi connectivity index (χ3n) is 6.52. The molecule has 0 unspecified atom stereocenters. The Labute approximate surface area is 187 Å². The first-order valence-electron chi connectivity index (χ1n) is 10.5. The van der Waals surface area contributed by atoms with Crippen LogP contribution in [0.5, 0.6) is 0 Å². The average molecular weight is 457 g/mol. The predicted molar refractivity (Wildman–Crippen MR) is 111 cm³/mol. The first-order valence-corrected chi connectivity index (χ1v) is 10.5. The Bertz CT molecular complexity index is 1180. The number of anilines is 1. The number of urea groups is 1. The molecule has 33 heavy (non-hydrogen) atoms. The molecule has 1 spiro atoms. The van der Waals surface area contributed by atoms with E-state index in [0.717, 1.165) is 0 Å². The maximum absolute atomic E-state index is 15.6. The van der Waals surface area contributed by atoms with E-state index in [0.29, 0.717) is 5.69 Å². The van der Waals surface area contributed by atoms with Crippen molar-refractivity contribution in [3.8, 4) is 11.3 Å². The molecule has 172 valence electrons. The molecular formula is C22H21F2N5O4. The number of carbonyl (C=O) groups is 3. The summed E-state index contributed by atoms with van der Waals surface area (Å²) in [5, 5.41) is 4.32. The summed E-state index contributed by atoms with van der Waals surface area (Å²) >= 11 is 0. The van der Waals surface area contributed by atoms with Gasteiger partial charge in [0.2, 0.25) is 11.8 Å². The minimum Gasteiger partial charge on any atom is -0.372 e. The Morgan fingerprint density at radius 2 is 1.79 bits per heavy atom. The summed E-state index contributed by atoms with van der Waals surface area (Å²) in [6, 6.07) is -0.479. The van der Waals surface area contributed by atoms with Crippen LogP contribution in [0.2, 0.25) is 0 Å². The summed E-state index contributed by atoms with van der Waals surface area (Å²) in [6.07, 6.45) is 1.46. The fraction of sp³-hybridized carbons (Fsp3) is 0.409. The fourth-order valence-electron chi connectivity index (χ4n) is 5.26. The Kier molecular flexibility index (Phi) is 4.71. The number of hydrogen-bond donors (Lipinski definition) is 2. The Hall–Kier alpha value is -3.47. The number of rotatable bonds is 1. The zero-order valence-electron chi connectivity index (χ0n) is 18.1. The standard InChI is InChI=1S/C22H21F2N5O4/c1-9-6-26-14(7-25-9)13-4-12-5-22(19(30)27-21(32)28-20(22)31)18-11(3)33-10(2)8-29(18)17(12)16(24)15(13)23/h4,6-7,10-11,18H,5,8H2,1-3H3,(H2,27,28,30,31,32)/t10-,11+,18-/m1/s1. The van der Waals surface area contributed by atoms with Gasteiger partial charge in [0.15, 0.2) is 17.0 Å². The molecule has 3 aliphatic heterocycles. The van der Waals surface area contributed by atoms with Crippen LogP contribution in [0.4, 0.5) is 19.3 Å². The van der Waals surface area contributed by atoms with E-state index in [1.165, 1.54) is 23.4 Å². The maximum atomic E-state index is 15.6. The summed E-state index contributed by atoms with van der Waals surface area (Å²) in [4.78, 5) is 47.9. The van der Waals surface area contributed by atoms with Crippen molar-refractivity contribution in [2.75, 3.05) is 11.4 Å². The number of morpholine rings is 1. The smallest absolute Gasteiger partial charge is 0.328 e. The summed E-state index contributed by atoms with van der Waals surface area (Å²) in [7, 11) is 0. The van der Waals surface area contributed by atoms with Crippen molar-refractivity contribution in [1.29, 1.82) is 0 Å². The van der Waals surface area contributed by atoms with Gasteiger partial charge in [-0.3, -0.25) is 30.2 Å². The zero-order valence-corrected chi connectivity index (χ0v) is 18.1. The van der Waals surface area contributed by atoms with E-state index in [1.807, 2.05) is 0 Å². The molecule has 4 amide bonds. The van der Waals surface area contributed by atoms with Crippen molar-refractivity contribution in [1.82, 2.24) is 20.6 Å².